The van der Waals surface area contributed by atoms with Gasteiger partial charge in [0.05, 0.1) is 6.54 Å². The molecule has 0 aliphatic heterocycles. The SMILES string of the molecule is CC(C)(C)C(OC(=O)N(O)CCCNCc1ccncc1)c1ccccc1. The van der Waals surface area contributed by atoms with Gasteiger partial charge in [0.1, 0.15) is 6.10 Å². The monoisotopic (exact) mass is 371 g/mol. The van der Waals surface area contributed by atoms with Gasteiger partial charge < -0.3 is 10.1 Å². The van der Waals surface area contributed by atoms with E-state index in [1.165, 1.54) is 0 Å². The van der Waals surface area contributed by atoms with Crippen molar-refractivity contribution in [3.05, 3.63) is 66.0 Å². The summed E-state index contributed by atoms with van der Waals surface area (Å²) in [6.07, 6.45) is 2.95. The fourth-order valence-corrected chi connectivity index (χ4v) is 2.71. The number of hydroxylamine groups is 2. The summed E-state index contributed by atoms with van der Waals surface area (Å²) in [5.41, 5.74) is 1.76. The van der Waals surface area contributed by atoms with E-state index in [-0.39, 0.29) is 12.0 Å². The molecule has 0 aliphatic rings. The van der Waals surface area contributed by atoms with Crippen LogP contribution in [0.2, 0.25) is 0 Å². The van der Waals surface area contributed by atoms with Crippen molar-refractivity contribution >= 4 is 6.09 Å². The van der Waals surface area contributed by atoms with Gasteiger partial charge in [-0.15, -0.1) is 0 Å². The van der Waals surface area contributed by atoms with Crippen molar-refractivity contribution < 1.29 is 14.7 Å². The number of ether oxygens (including phenoxy) is 1. The number of carbonyl (C=O) groups is 1. The fraction of sp³-hybridized carbons (Fsp3) is 0.429. The van der Waals surface area contributed by atoms with E-state index in [2.05, 4.69) is 10.3 Å². The lowest BCUT2D eigenvalue weighted by atomic mass is 9.84. The van der Waals surface area contributed by atoms with Gasteiger partial charge in [-0.05, 0) is 36.2 Å². The highest BCUT2D eigenvalue weighted by Gasteiger charge is 2.31. The highest BCUT2D eigenvalue weighted by Crippen LogP contribution is 2.36. The van der Waals surface area contributed by atoms with Gasteiger partial charge in [0, 0.05) is 24.4 Å². The molecule has 2 rings (SSSR count). The standard InChI is InChI=1S/C21H29N3O3/c1-21(2,3)19(18-8-5-4-6-9-18)27-20(25)24(26)15-7-12-23-16-17-10-13-22-14-11-17/h4-6,8-11,13-14,19,23,26H,7,12,15-16H2,1-3H3. The zero-order valence-corrected chi connectivity index (χ0v) is 16.3. The van der Waals surface area contributed by atoms with Crippen LogP contribution in [0.1, 0.15) is 44.4 Å². The first-order valence-corrected chi connectivity index (χ1v) is 9.19. The van der Waals surface area contributed by atoms with Crippen LogP contribution in [-0.4, -0.2) is 34.4 Å². The van der Waals surface area contributed by atoms with E-state index in [0.717, 1.165) is 17.7 Å². The molecule has 1 amide bonds. The van der Waals surface area contributed by atoms with Gasteiger partial charge in [0.15, 0.2) is 0 Å². The van der Waals surface area contributed by atoms with Crippen LogP contribution < -0.4 is 5.32 Å². The van der Waals surface area contributed by atoms with Gasteiger partial charge in [0.25, 0.3) is 0 Å². The van der Waals surface area contributed by atoms with Gasteiger partial charge in [-0.25, -0.2) is 4.79 Å². The summed E-state index contributed by atoms with van der Waals surface area (Å²) in [4.78, 5) is 16.3. The van der Waals surface area contributed by atoms with Crippen molar-refractivity contribution in [1.82, 2.24) is 15.4 Å². The third-order valence-corrected chi connectivity index (χ3v) is 4.12. The van der Waals surface area contributed by atoms with E-state index in [1.807, 2.05) is 63.2 Å². The maximum Gasteiger partial charge on any atom is 0.434 e. The number of benzene rings is 1. The molecule has 0 saturated heterocycles. The number of nitrogens with one attached hydrogen (secondary N) is 1. The van der Waals surface area contributed by atoms with Crippen molar-refractivity contribution in [3.63, 3.8) is 0 Å². The molecular formula is C21H29N3O3. The Hall–Kier alpha value is -2.44. The predicted octanol–water partition coefficient (Wildman–Crippen LogP) is 4.18. The Labute approximate surface area is 161 Å². The van der Waals surface area contributed by atoms with Gasteiger partial charge >= 0.3 is 6.09 Å². The predicted molar refractivity (Wildman–Crippen MR) is 104 cm³/mol. The van der Waals surface area contributed by atoms with E-state index in [1.54, 1.807) is 12.4 Å². The first kappa shape index (κ1) is 20.9. The third-order valence-electron chi connectivity index (χ3n) is 4.12. The van der Waals surface area contributed by atoms with Crippen LogP contribution in [-0.2, 0) is 11.3 Å². The molecule has 0 aliphatic carbocycles. The second kappa shape index (κ2) is 10.0. The number of amides is 1. The Morgan fingerprint density at radius 3 is 2.48 bits per heavy atom. The summed E-state index contributed by atoms with van der Waals surface area (Å²) in [5.74, 6) is 0. The summed E-state index contributed by atoms with van der Waals surface area (Å²) < 4.78 is 5.60. The number of hydrogen-bond acceptors (Lipinski definition) is 5. The van der Waals surface area contributed by atoms with Crippen LogP contribution in [0.3, 0.4) is 0 Å². The van der Waals surface area contributed by atoms with Crippen LogP contribution in [0.25, 0.3) is 0 Å². The quantitative estimate of drug-likeness (QED) is 0.414. The molecule has 6 heteroatoms. The Morgan fingerprint density at radius 1 is 1.19 bits per heavy atom. The molecule has 1 atom stereocenters. The van der Waals surface area contributed by atoms with Crippen molar-refractivity contribution in [2.75, 3.05) is 13.1 Å². The Morgan fingerprint density at radius 2 is 1.85 bits per heavy atom. The van der Waals surface area contributed by atoms with E-state index in [0.29, 0.717) is 18.0 Å². The lowest BCUT2D eigenvalue weighted by molar-refractivity contribution is -0.0959. The van der Waals surface area contributed by atoms with Crippen molar-refractivity contribution in [2.45, 2.75) is 39.8 Å². The third kappa shape index (κ3) is 7.00. The van der Waals surface area contributed by atoms with Crippen molar-refractivity contribution in [1.29, 1.82) is 0 Å². The first-order valence-electron chi connectivity index (χ1n) is 9.19. The minimum absolute atomic E-state index is 0.202. The van der Waals surface area contributed by atoms with Crippen LogP contribution in [0.15, 0.2) is 54.9 Å². The van der Waals surface area contributed by atoms with Crippen molar-refractivity contribution in [3.8, 4) is 0 Å². The minimum Gasteiger partial charge on any atom is -0.439 e. The second-order valence-electron chi connectivity index (χ2n) is 7.55. The normalized spacial score (nSPS) is 12.4. The summed E-state index contributed by atoms with van der Waals surface area (Å²) >= 11 is 0. The molecular weight excluding hydrogens is 342 g/mol. The fourth-order valence-electron chi connectivity index (χ4n) is 2.71. The van der Waals surface area contributed by atoms with E-state index in [9.17, 15) is 10.0 Å². The molecule has 146 valence electrons. The van der Waals surface area contributed by atoms with E-state index >= 15 is 0 Å². The largest absolute Gasteiger partial charge is 0.439 e. The summed E-state index contributed by atoms with van der Waals surface area (Å²) in [6, 6.07) is 13.5. The molecule has 6 nitrogen and oxygen atoms in total. The van der Waals surface area contributed by atoms with Gasteiger partial charge in [0.2, 0.25) is 0 Å². The lowest BCUT2D eigenvalue weighted by Crippen LogP contribution is -2.34. The molecule has 0 radical (unpaired) electrons. The topological polar surface area (TPSA) is 74.7 Å². The number of rotatable bonds is 8. The van der Waals surface area contributed by atoms with Gasteiger partial charge in [-0.1, -0.05) is 51.1 Å². The second-order valence-corrected chi connectivity index (χ2v) is 7.55. The van der Waals surface area contributed by atoms with Gasteiger partial charge in [-0.2, -0.15) is 5.06 Å². The first-order chi connectivity index (χ1) is 12.9. The van der Waals surface area contributed by atoms with Crippen LogP contribution in [0, 0.1) is 5.41 Å². The molecule has 0 fully saturated rings. The molecule has 0 saturated carbocycles. The minimum atomic E-state index is -0.729. The molecule has 1 heterocycles. The zero-order valence-electron chi connectivity index (χ0n) is 16.3. The maximum atomic E-state index is 12.3. The maximum absolute atomic E-state index is 12.3. The molecule has 2 aromatic rings. The average molecular weight is 371 g/mol. The Balaban J connectivity index is 1.78. The average Bonchev–Trinajstić information content (AvgIpc) is 2.66. The highest BCUT2D eigenvalue weighted by molar-refractivity contribution is 5.66. The molecule has 1 unspecified atom stereocenters. The Kier molecular flexibility index (Phi) is 7.76. The number of hydrogen-bond donors (Lipinski definition) is 2. The molecule has 27 heavy (non-hydrogen) atoms. The number of nitrogens with zero attached hydrogens (tertiary/aromatic N) is 2. The molecule has 1 aromatic carbocycles. The van der Waals surface area contributed by atoms with Crippen LogP contribution in [0.5, 0.6) is 0 Å². The lowest BCUT2D eigenvalue weighted by Gasteiger charge is -2.31. The molecule has 2 N–H and O–H groups in total. The number of carbonyl (C=O) groups excluding carboxylic acids is 1. The van der Waals surface area contributed by atoms with Crippen LogP contribution >= 0.6 is 0 Å². The smallest absolute Gasteiger partial charge is 0.434 e. The number of aromatic nitrogens is 1. The zero-order chi connectivity index (χ0) is 19.7. The Bertz CT molecular complexity index is 687. The summed E-state index contributed by atoms with van der Waals surface area (Å²) in [6.45, 7) is 7.61. The van der Waals surface area contributed by atoms with Gasteiger partial charge in [-0.3, -0.25) is 10.2 Å². The van der Waals surface area contributed by atoms with E-state index in [4.69, 9.17) is 4.74 Å². The molecule has 0 bridgehead atoms. The number of pyridine rings is 1. The highest BCUT2D eigenvalue weighted by atomic mass is 16.6. The summed E-state index contributed by atoms with van der Waals surface area (Å²) in [5, 5.41) is 13.9. The van der Waals surface area contributed by atoms with E-state index < -0.39 is 12.2 Å². The molecule has 1 aromatic heterocycles. The molecule has 0 spiro atoms. The summed E-state index contributed by atoms with van der Waals surface area (Å²) in [7, 11) is 0. The van der Waals surface area contributed by atoms with Crippen molar-refractivity contribution in [2.24, 2.45) is 5.41 Å². The van der Waals surface area contributed by atoms with Crippen LogP contribution in [0.4, 0.5) is 4.79 Å².